The Kier molecular flexibility index (Phi) is 4.08. The van der Waals surface area contributed by atoms with Gasteiger partial charge in [0.2, 0.25) is 0 Å². The summed E-state index contributed by atoms with van der Waals surface area (Å²) < 4.78 is 49.3. The molecule has 7 heteroatoms. The Balaban J connectivity index is 4.19. The van der Waals surface area contributed by atoms with Gasteiger partial charge in [0.05, 0.1) is 7.11 Å². The lowest BCUT2D eigenvalue weighted by atomic mass is 10.3. The van der Waals surface area contributed by atoms with E-state index >= 15 is 0 Å². The third kappa shape index (κ3) is 3.61. The van der Waals surface area contributed by atoms with Gasteiger partial charge in [-0.3, -0.25) is 4.79 Å². The van der Waals surface area contributed by atoms with E-state index in [0.717, 1.165) is 7.11 Å². The Labute approximate surface area is 70.4 Å². The van der Waals surface area contributed by atoms with E-state index in [-0.39, 0.29) is 0 Å². The molecule has 3 nitrogen and oxygen atoms in total. The summed E-state index contributed by atoms with van der Waals surface area (Å²) in [6.07, 6.45) is -5.59. The predicted molar refractivity (Wildman–Crippen MR) is 34.5 cm³/mol. The van der Waals surface area contributed by atoms with Crippen LogP contribution in [0, 0.1) is 0 Å². The van der Waals surface area contributed by atoms with Crippen LogP contribution in [0.25, 0.3) is 0 Å². The molecule has 0 fully saturated rings. The van der Waals surface area contributed by atoms with E-state index in [0.29, 0.717) is 0 Å². The van der Waals surface area contributed by atoms with Gasteiger partial charge in [-0.05, 0) is 0 Å². The molecule has 1 atom stereocenters. The molecule has 70 valence electrons. The fourth-order valence-electron chi connectivity index (χ4n) is 0.439. The summed E-state index contributed by atoms with van der Waals surface area (Å²) in [6.45, 7) is 0. The molecule has 0 rings (SSSR count). The van der Waals surface area contributed by atoms with E-state index in [9.17, 15) is 22.2 Å². The highest BCUT2D eigenvalue weighted by Crippen LogP contribution is 2.24. The minimum Gasteiger partial charge on any atom is -0.469 e. The summed E-state index contributed by atoms with van der Waals surface area (Å²) in [4.78, 5) is 10.4. The fourth-order valence-corrected chi connectivity index (χ4v) is 0.752. The van der Waals surface area contributed by atoms with Crippen LogP contribution in [0.1, 0.15) is 6.42 Å². The molecule has 0 bridgehead atoms. The smallest absolute Gasteiger partial charge is 0.469 e. The first-order valence-corrected chi connectivity index (χ1v) is 3.64. The molecule has 0 radical (unpaired) electrons. The summed E-state index contributed by atoms with van der Waals surface area (Å²) in [7, 11) is 0.964. The second kappa shape index (κ2) is 4.34. The van der Waals surface area contributed by atoms with E-state index in [1.165, 1.54) is 0 Å². The van der Waals surface area contributed by atoms with Crippen LogP contribution in [0.4, 0.5) is 13.2 Å². The number of carbonyl (C=O) groups excluding carboxylic acids is 1. The third-order valence-corrected chi connectivity index (χ3v) is 1.73. The van der Waals surface area contributed by atoms with Gasteiger partial charge >= 0.3 is 29.1 Å². The number of hydrogen-bond acceptors (Lipinski definition) is 3. The number of methoxy groups -OCH3 is 1. The van der Waals surface area contributed by atoms with E-state index in [1.54, 1.807) is 0 Å². The first-order chi connectivity index (χ1) is 5.41. The highest BCUT2D eigenvalue weighted by Gasteiger charge is 2.52. The van der Waals surface area contributed by atoms with E-state index < -0.39 is 35.5 Å². The van der Waals surface area contributed by atoms with Crippen molar-refractivity contribution in [3.63, 3.8) is 0 Å². The number of rotatable bonds is 3. The minimum atomic E-state index is -4.65. The van der Waals surface area contributed by atoms with Crippen molar-refractivity contribution in [2.24, 2.45) is 0 Å². The monoisotopic (exact) mass is 203 g/mol. The Morgan fingerprint density at radius 3 is 2.33 bits per heavy atom. The van der Waals surface area contributed by atoms with Crippen molar-refractivity contribution >= 4 is 17.6 Å². The number of hydrogen-bond donors (Lipinski definition) is 0. The molecule has 1 unspecified atom stereocenters. The van der Waals surface area contributed by atoms with Crippen molar-refractivity contribution in [3.05, 3.63) is 0 Å². The third-order valence-electron chi connectivity index (χ3n) is 1.06. The molecule has 0 saturated carbocycles. The quantitative estimate of drug-likeness (QED) is 0.505. The summed E-state index contributed by atoms with van der Waals surface area (Å²) >= 11 is -0.655. The maximum Gasteiger partial charge on any atom is 0.472 e. The summed E-state index contributed by atoms with van der Waals surface area (Å²) in [5, 5.41) is -2.22. The zero-order chi connectivity index (χ0) is 9.78. The molecule has 0 aromatic carbocycles. The molecule has 0 spiro atoms. The van der Waals surface area contributed by atoms with Crippen molar-refractivity contribution in [3.8, 4) is 0 Å². The van der Waals surface area contributed by atoms with Crippen LogP contribution in [0.5, 0.6) is 0 Å². The van der Waals surface area contributed by atoms with Crippen LogP contribution in [-0.4, -0.2) is 24.5 Å². The molecule has 0 aliphatic carbocycles. The molecular weight excluding hydrogens is 197 g/mol. The summed E-state index contributed by atoms with van der Waals surface area (Å²) in [6, 6.07) is 0. The second-order valence-electron chi connectivity index (χ2n) is 1.91. The van der Waals surface area contributed by atoms with Crippen LogP contribution in [0.15, 0.2) is 0 Å². The Hall–Kier alpha value is -0.720. The van der Waals surface area contributed by atoms with Crippen molar-refractivity contribution in [2.75, 3.05) is 7.11 Å². The van der Waals surface area contributed by atoms with Crippen molar-refractivity contribution < 1.29 is 26.9 Å². The molecule has 0 N–H and O–H groups in total. The molecule has 0 aromatic heterocycles. The second-order valence-corrected chi connectivity index (χ2v) is 2.67. The molecule has 0 heterocycles. The molecule has 0 saturated heterocycles. The largest absolute Gasteiger partial charge is 0.472 e. The maximum atomic E-state index is 11.8. The lowest BCUT2D eigenvalue weighted by Crippen LogP contribution is -2.30. The van der Waals surface area contributed by atoms with Gasteiger partial charge in [-0.25, -0.2) is 0 Å². The molecule has 0 amide bonds. The topological polar surface area (TPSA) is 43.4 Å². The lowest BCUT2D eigenvalue weighted by molar-refractivity contribution is -0.152. The highest BCUT2D eigenvalue weighted by atomic mass is 32.1. The van der Waals surface area contributed by atoms with Crippen LogP contribution >= 0.6 is 0 Å². The van der Waals surface area contributed by atoms with Crippen LogP contribution in [0.3, 0.4) is 0 Å². The van der Waals surface area contributed by atoms with Crippen molar-refractivity contribution in [1.29, 1.82) is 0 Å². The van der Waals surface area contributed by atoms with Gasteiger partial charge in [-0.15, -0.1) is 0 Å². The number of alkyl halides is 3. The van der Waals surface area contributed by atoms with Crippen LogP contribution < -0.4 is 0 Å². The van der Waals surface area contributed by atoms with E-state index in [4.69, 9.17) is 0 Å². The highest BCUT2D eigenvalue weighted by molar-refractivity contribution is 7.66. The standard InChI is InChI=1S/C5H6F3O3S/c1-11-4(9)2-3(12-10)5(6,7)8/h3H,2H2,1H3/q+1. The molecule has 0 aromatic rings. The number of ether oxygens (including phenoxy) is 1. The zero-order valence-corrected chi connectivity index (χ0v) is 6.87. The first-order valence-electron chi connectivity index (χ1n) is 2.84. The average molecular weight is 203 g/mol. The fraction of sp³-hybridized carbons (Fsp3) is 0.800. The molecule has 0 aliphatic heterocycles. The number of esters is 1. The lowest BCUT2D eigenvalue weighted by Gasteiger charge is -2.03. The normalized spacial score (nSPS) is 13.7. The molecular formula is C5H6F3O3S+. The summed E-state index contributed by atoms with van der Waals surface area (Å²) in [5.74, 6) is -1.04. The van der Waals surface area contributed by atoms with Gasteiger partial charge in [-0.2, -0.15) is 13.2 Å². The maximum absolute atomic E-state index is 11.8. The van der Waals surface area contributed by atoms with E-state index in [1.807, 2.05) is 0 Å². The number of carbonyl (C=O) groups is 1. The van der Waals surface area contributed by atoms with Crippen molar-refractivity contribution in [1.82, 2.24) is 0 Å². The Bertz CT molecular complexity index is 179. The number of halogens is 3. The van der Waals surface area contributed by atoms with Gasteiger partial charge < -0.3 is 4.74 Å². The summed E-state index contributed by atoms with van der Waals surface area (Å²) in [5.41, 5.74) is 0. The van der Waals surface area contributed by atoms with E-state index in [2.05, 4.69) is 4.74 Å². The van der Waals surface area contributed by atoms with Gasteiger partial charge in [0.1, 0.15) is 6.42 Å². The Morgan fingerprint density at radius 2 is 2.08 bits per heavy atom. The SMILES string of the molecule is COC(=O)CC([S+]=O)C(F)(F)F. The Morgan fingerprint density at radius 1 is 1.58 bits per heavy atom. The van der Waals surface area contributed by atoms with Gasteiger partial charge in [0, 0.05) is 4.21 Å². The van der Waals surface area contributed by atoms with Gasteiger partial charge in [-0.1, -0.05) is 0 Å². The van der Waals surface area contributed by atoms with Crippen molar-refractivity contribution in [2.45, 2.75) is 17.8 Å². The zero-order valence-electron chi connectivity index (χ0n) is 6.05. The van der Waals surface area contributed by atoms with Crippen LogP contribution in [-0.2, 0) is 25.4 Å². The average Bonchev–Trinajstić information content (AvgIpc) is 1.97. The van der Waals surface area contributed by atoms with Crippen LogP contribution in [0.2, 0.25) is 0 Å². The first kappa shape index (κ1) is 11.3. The van der Waals surface area contributed by atoms with Gasteiger partial charge in [0.15, 0.2) is 0 Å². The molecule has 0 aliphatic rings. The molecule has 12 heavy (non-hydrogen) atoms. The predicted octanol–water partition coefficient (Wildman–Crippen LogP) is 0.908. The minimum absolute atomic E-state index is 0.655. The van der Waals surface area contributed by atoms with Gasteiger partial charge in [0.25, 0.3) is 0 Å².